The topological polar surface area (TPSA) is 99.0 Å². The molecule has 0 saturated carbocycles. The molecule has 0 radical (unpaired) electrons. The summed E-state index contributed by atoms with van der Waals surface area (Å²) in [5.41, 5.74) is 0.833. The molecule has 0 aliphatic carbocycles. The van der Waals surface area contributed by atoms with Crippen molar-refractivity contribution in [2.75, 3.05) is 23.7 Å². The molecule has 0 amide bonds. The average molecular weight is 385 g/mol. The zero-order valence-corrected chi connectivity index (χ0v) is 14.3. The molecule has 0 saturated heterocycles. The molecule has 3 rings (SSSR count). The lowest BCUT2D eigenvalue weighted by atomic mass is 10.2. The van der Waals surface area contributed by atoms with Gasteiger partial charge < -0.3 is 14.2 Å². The van der Waals surface area contributed by atoms with Crippen LogP contribution in [0.15, 0.2) is 30.6 Å². The van der Waals surface area contributed by atoms with Crippen LogP contribution in [-0.2, 0) is 17.4 Å². The minimum atomic E-state index is -4.73. The van der Waals surface area contributed by atoms with Gasteiger partial charge >= 0.3 is 6.18 Å². The zero-order chi connectivity index (χ0) is 19.1. The summed E-state index contributed by atoms with van der Waals surface area (Å²) in [5, 5.41) is 2.58. The van der Waals surface area contributed by atoms with Gasteiger partial charge in [0.05, 0.1) is 5.69 Å². The molecule has 0 spiro atoms. The monoisotopic (exact) mass is 385 g/mol. The smallest absolute Gasteiger partial charge is 0.451 e. The van der Waals surface area contributed by atoms with Crippen molar-refractivity contribution in [3.63, 3.8) is 0 Å². The van der Waals surface area contributed by atoms with E-state index < -0.39 is 23.3 Å². The molecular formula is C14H12F3N6O2S-. The van der Waals surface area contributed by atoms with Gasteiger partial charge in [0.1, 0.15) is 6.33 Å². The van der Waals surface area contributed by atoms with Crippen molar-refractivity contribution in [2.45, 2.75) is 6.18 Å². The predicted molar refractivity (Wildman–Crippen MR) is 88.5 cm³/mol. The summed E-state index contributed by atoms with van der Waals surface area (Å²) in [6.45, 7) is 0. The molecule has 1 aromatic carbocycles. The number of alkyl halides is 3. The Balaban J connectivity index is 2.20. The summed E-state index contributed by atoms with van der Waals surface area (Å²) in [6.07, 6.45) is -3.43. The summed E-state index contributed by atoms with van der Waals surface area (Å²) in [7, 11) is 2.78. The van der Waals surface area contributed by atoms with Crippen molar-refractivity contribution in [2.24, 2.45) is 0 Å². The van der Waals surface area contributed by atoms with Gasteiger partial charge in [0.15, 0.2) is 17.0 Å². The van der Waals surface area contributed by atoms with Crippen LogP contribution in [0.2, 0.25) is 0 Å². The van der Waals surface area contributed by atoms with E-state index in [0.29, 0.717) is 11.4 Å². The number of nitrogens with one attached hydrogen (secondary N) is 1. The number of fused-ring (bicyclic) bond motifs is 1. The Morgan fingerprint density at radius 3 is 2.65 bits per heavy atom. The number of aromatic nitrogens is 4. The normalized spacial score (nSPS) is 13.0. The number of hydrogen-bond donors (Lipinski definition) is 1. The fraction of sp³-hybridized carbons (Fsp3) is 0.214. The van der Waals surface area contributed by atoms with Crippen molar-refractivity contribution >= 4 is 33.9 Å². The molecule has 0 aliphatic heterocycles. The molecule has 3 aromatic rings. The number of hydrogen-bond acceptors (Lipinski definition) is 6. The first-order valence-electron chi connectivity index (χ1n) is 7.16. The van der Waals surface area contributed by atoms with Crippen LogP contribution in [-0.4, -0.2) is 42.4 Å². The van der Waals surface area contributed by atoms with Gasteiger partial charge in [-0.05, 0) is 18.2 Å². The SMILES string of the molecule is CNc1nc(C(F)(F)F)nc2c1ncn2-c1cccc(N(C)S(=O)[O-])c1. The van der Waals surface area contributed by atoms with E-state index in [1.54, 1.807) is 18.2 Å². The van der Waals surface area contributed by atoms with E-state index in [4.69, 9.17) is 0 Å². The van der Waals surface area contributed by atoms with Crippen LogP contribution in [0.5, 0.6) is 0 Å². The van der Waals surface area contributed by atoms with Crippen molar-refractivity contribution < 1.29 is 21.9 Å². The number of nitrogens with zero attached hydrogens (tertiary/aromatic N) is 5. The number of rotatable bonds is 4. The molecule has 138 valence electrons. The molecule has 1 N–H and O–H groups in total. The fourth-order valence-electron chi connectivity index (χ4n) is 2.31. The maximum Gasteiger partial charge on any atom is 0.451 e. The zero-order valence-electron chi connectivity index (χ0n) is 13.5. The second-order valence-electron chi connectivity index (χ2n) is 5.16. The Labute approximate surface area is 148 Å². The average Bonchev–Trinajstić information content (AvgIpc) is 3.03. The first kappa shape index (κ1) is 18.1. The molecule has 0 aliphatic rings. The van der Waals surface area contributed by atoms with Crippen LogP contribution in [0.4, 0.5) is 24.7 Å². The van der Waals surface area contributed by atoms with E-state index >= 15 is 0 Å². The third kappa shape index (κ3) is 3.20. The Bertz CT molecular complexity index is 990. The van der Waals surface area contributed by atoms with Crippen LogP contribution >= 0.6 is 0 Å². The Kier molecular flexibility index (Phi) is 4.54. The summed E-state index contributed by atoms with van der Waals surface area (Å²) in [6, 6.07) is 6.21. The predicted octanol–water partition coefficient (Wildman–Crippen LogP) is 2.11. The Morgan fingerprint density at radius 1 is 1.31 bits per heavy atom. The molecule has 1 unspecified atom stereocenters. The third-order valence-electron chi connectivity index (χ3n) is 3.58. The van der Waals surface area contributed by atoms with Gasteiger partial charge in [-0.25, -0.2) is 15.0 Å². The lowest BCUT2D eigenvalue weighted by Gasteiger charge is -2.21. The quantitative estimate of drug-likeness (QED) is 0.691. The second-order valence-corrected chi connectivity index (χ2v) is 6.15. The first-order chi connectivity index (χ1) is 12.2. The van der Waals surface area contributed by atoms with Crippen LogP contribution < -0.4 is 9.62 Å². The molecule has 26 heavy (non-hydrogen) atoms. The highest BCUT2D eigenvalue weighted by Gasteiger charge is 2.36. The van der Waals surface area contributed by atoms with E-state index in [9.17, 15) is 21.9 Å². The van der Waals surface area contributed by atoms with Crippen molar-refractivity contribution in [1.29, 1.82) is 0 Å². The summed E-state index contributed by atoms with van der Waals surface area (Å²) >= 11 is -2.49. The van der Waals surface area contributed by atoms with Crippen molar-refractivity contribution in [3.05, 3.63) is 36.4 Å². The highest BCUT2D eigenvalue weighted by molar-refractivity contribution is 7.80. The number of benzene rings is 1. The summed E-state index contributed by atoms with van der Waals surface area (Å²) < 4.78 is 63.7. The van der Waals surface area contributed by atoms with Crippen LogP contribution in [0.25, 0.3) is 16.9 Å². The van der Waals surface area contributed by atoms with Gasteiger partial charge in [0, 0.05) is 31.0 Å². The lowest BCUT2D eigenvalue weighted by molar-refractivity contribution is -0.144. The van der Waals surface area contributed by atoms with Crippen LogP contribution in [0, 0.1) is 0 Å². The molecule has 8 nitrogen and oxygen atoms in total. The molecule has 1 atom stereocenters. The van der Waals surface area contributed by atoms with Gasteiger partial charge in [-0.3, -0.25) is 8.78 Å². The number of imidazole rings is 1. The molecule has 0 fully saturated rings. The number of anilines is 2. The molecule has 2 heterocycles. The summed E-state index contributed by atoms with van der Waals surface area (Å²) in [5.74, 6) is -1.36. The largest absolute Gasteiger partial charge is 0.755 e. The van der Waals surface area contributed by atoms with Crippen LogP contribution in [0.1, 0.15) is 5.82 Å². The minimum absolute atomic E-state index is 0.0558. The molecular weight excluding hydrogens is 373 g/mol. The Morgan fingerprint density at radius 2 is 2.04 bits per heavy atom. The highest BCUT2D eigenvalue weighted by atomic mass is 32.2. The fourth-order valence-corrected chi connectivity index (χ4v) is 2.60. The molecule has 12 heteroatoms. The van der Waals surface area contributed by atoms with Gasteiger partial charge in [0.25, 0.3) is 0 Å². The van der Waals surface area contributed by atoms with Crippen molar-refractivity contribution in [3.8, 4) is 5.69 Å². The van der Waals surface area contributed by atoms with E-state index in [1.807, 2.05) is 0 Å². The third-order valence-corrected chi connectivity index (χ3v) is 4.24. The summed E-state index contributed by atoms with van der Waals surface area (Å²) in [4.78, 5) is 11.1. The van der Waals surface area contributed by atoms with E-state index in [0.717, 1.165) is 4.31 Å². The highest BCUT2D eigenvalue weighted by Crippen LogP contribution is 2.31. The van der Waals surface area contributed by atoms with E-state index in [1.165, 1.54) is 31.1 Å². The van der Waals surface area contributed by atoms with Gasteiger partial charge in [-0.2, -0.15) is 13.2 Å². The van der Waals surface area contributed by atoms with E-state index in [2.05, 4.69) is 20.3 Å². The number of halogens is 3. The Hall–Kier alpha value is -2.73. The van der Waals surface area contributed by atoms with Gasteiger partial charge in [-0.15, -0.1) is 0 Å². The van der Waals surface area contributed by atoms with E-state index in [-0.39, 0.29) is 17.0 Å². The maximum absolute atomic E-state index is 13.1. The maximum atomic E-state index is 13.1. The lowest BCUT2D eigenvalue weighted by Crippen LogP contribution is -2.19. The molecule has 2 aromatic heterocycles. The minimum Gasteiger partial charge on any atom is -0.755 e. The van der Waals surface area contributed by atoms with Gasteiger partial charge in [0.2, 0.25) is 5.82 Å². The first-order valence-corrected chi connectivity index (χ1v) is 8.19. The second kappa shape index (κ2) is 6.53. The standard InChI is InChI=1S/C14H13F3N6O2S/c1-18-11-10-12(21-13(20-11)14(15,16)17)23(7-19-10)9-5-3-4-8(6-9)22(2)26(24)25/h3-7H,1-2H3,(H,24,25)(H,18,20,21)/p-1. The van der Waals surface area contributed by atoms with Crippen molar-refractivity contribution in [1.82, 2.24) is 19.5 Å². The van der Waals surface area contributed by atoms with Crippen LogP contribution in [0.3, 0.4) is 0 Å². The molecule has 0 bridgehead atoms. The van der Waals surface area contributed by atoms with Gasteiger partial charge in [-0.1, -0.05) is 6.07 Å².